The lowest BCUT2D eigenvalue weighted by Gasteiger charge is -2.25. The summed E-state index contributed by atoms with van der Waals surface area (Å²) in [6.45, 7) is 9.66. The molecule has 1 atom stereocenters. The molecule has 1 N–H and O–H groups in total. The number of carboxylic acid groups (broad SMARTS) is 1. The molecule has 0 bridgehead atoms. The van der Waals surface area contributed by atoms with Gasteiger partial charge in [-0.05, 0) is 32.8 Å². The van der Waals surface area contributed by atoms with Gasteiger partial charge in [0, 0.05) is 17.7 Å². The van der Waals surface area contributed by atoms with E-state index in [4.69, 9.17) is 9.84 Å². The monoisotopic (exact) mass is 291 g/mol. The van der Waals surface area contributed by atoms with Gasteiger partial charge in [-0.2, -0.15) is 0 Å². The molecule has 0 fully saturated rings. The van der Waals surface area contributed by atoms with E-state index in [-0.39, 0.29) is 12.0 Å². The molecule has 1 heterocycles. The smallest absolute Gasteiger partial charge is 0.312 e. The zero-order valence-corrected chi connectivity index (χ0v) is 13.5. The number of nitrogens with zero attached hydrogens (tertiary/aromatic N) is 1. The lowest BCUT2D eigenvalue weighted by atomic mass is 9.81. The van der Waals surface area contributed by atoms with Gasteiger partial charge in [-0.3, -0.25) is 4.79 Å². The van der Waals surface area contributed by atoms with Gasteiger partial charge in [-0.15, -0.1) is 0 Å². The molecule has 1 aromatic rings. The fourth-order valence-corrected chi connectivity index (χ4v) is 1.91. The van der Waals surface area contributed by atoms with Crippen LogP contribution in [0.2, 0.25) is 0 Å². The number of hydrogen-bond acceptors (Lipinski definition) is 3. The van der Waals surface area contributed by atoms with E-state index in [2.05, 4.69) is 24.9 Å². The molecule has 0 aliphatic heterocycles. The Kier molecular flexibility index (Phi) is 5.53. The van der Waals surface area contributed by atoms with Gasteiger partial charge in [-0.25, -0.2) is 4.98 Å². The first kappa shape index (κ1) is 17.2. The largest absolute Gasteiger partial charge is 0.481 e. The van der Waals surface area contributed by atoms with Gasteiger partial charge in [0.2, 0.25) is 5.88 Å². The van der Waals surface area contributed by atoms with Crippen LogP contribution in [0.15, 0.2) is 30.5 Å². The molecule has 0 amide bonds. The van der Waals surface area contributed by atoms with Crippen LogP contribution in [0.5, 0.6) is 5.88 Å². The Balaban J connectivity index is 2.81. The third kappa shape index (κ3) is 4.31. The zero-order valence-electron chi connectivity index (χ0n) is 13.5. The Morgan fingerprint density at radius 3 is 2.48 bits per heavy atom. The highest BCUT2D eigenvalue weighted by molar-refractivity contribution is 5.73. The van der Waals surface area contributed by atoms with Crippen LogP contribution < -0.4 is 4.74 Å². The molecule has 0 radical (unpaired) electrons. The normalized spacial score (nSPS) is 14.9. The minimum atomic E-state index is -0.927. The van der Waals surface area contributed by atoms with Crippen molar-refractivity contribution in [2.45, 2.75) is 46.5 Å². The first-order valence-corrected chi connectivity index (χ1v) is 7.22. The van der Waals surface area contributed by atoms with Gasteiger partial charge >= 0.3 is 5.97 Å². The Labute approximate surface area is 126 Å². The van der Waals surface area contributed by atoms with Crippen molar-refractivity contribution in [1.82, 2.24) is 4.98 Å². The standard InChI is InChI=1S/C17H25NO3/c1-6-10-17(5,7-2)13-8-9-14(18-11-13)21-12-16(3,4)15(19)20/h6,8-11H,7,12H2,1-5H3,(H,19,20)/b10-6-. The maximum atomic E-state index is 11.0. The summed E-state index contributed by atoms with van der Waals surface area (Å²) in [6, 6.07) is 3.78. The summed E-state index contributed by atoms with van der Waals surface area (Å²) in [4.78, 5) is 15.3. The van der Waals surface area contributed by atoms with Gasteiger partial charge < -0.3 is 9.84 Å². The summed E-state index contributed by atoms with van der Waals surface area (Å²) in [5, 5.41) is 9.05. The highest BCUT2D eigenvalue weighted by atomic mass is 16.5. The molecule has 1 rings (SSSR count). The van der Waals surface area contributed by atoms with Crippen molar-refractivity contribution in [2.24, 2.45) is 5.41 Å². The third-order valence-electron chi connectivity index (χ3n) is 3.82. The maximum absolute atomic E-state index is 11.0. The van der Waals surface area contributed by atoms with E-state index < -0.39 is 11.4 Å². The van der Waals surface area contributed by atoms with Crippen molar-refractivity contribution in [2.75, 3.05) is 6.61 Å². The molecular weight excluding hydrogens is 266 g/mol. The van der Waals surface area contributed by atoms with E-state index in [9.17, 15) is 4.79 Å². The fourth-order valence-electron chi connectivity index (χ4n) is 1.91. The van der Waals surface area contributed by atoms with E-state index in [1.165, 1.54) is 0 Å². The lowest BCUT2D eigenvalue weighted by Crippen LogP contribution is -2.30. The molecule has 1 aromatic heterocycles. The van der Waals surface area contributed by atoms with Crippen molar-refractivity contribution in [3.8, 4) is 5.88 Å². The number of aromatic nitrogens is 1. The lowest BCUT2D eigenvalue weighted by molar-refractivity contribution is -0.148. The van der Waals surface area contributed by atoms with Crippen LogP contribution in [0.1, 0.15) is 46.6 Å². The summed E-state index contributed by atoms with van der Waals surface area (Å²) >= 11 is 0. The minimum absolute atomic E-state index is 0.0411. The Hall–Kier alpha value is -1.84. The average molecular weight is 291 g/mol. The number of pyridine rings is 1. The van der Waals surface area contributed by atoms with E-state index >= 15 is 0 Å². The van der Waals surface area contributed by atoms with Crippen molar-refractivity contribution in [1.29, 1.82) is 0 Å². The molecule has 0 aromatic carbocycles. The molecule has 0 saturated heterocycles. The van der Waals surface area contributed by atoms with Crippen LogP contribution >= 0.6 is 0 Å². The molecular formula is C17H25NO3. The molecule has 21 heavy (non-hydrogen) atoms. The Morgan fingerprint density at radius 1 is 1.38 bits per heavy atom. The predicted octanol–water partition coefficient (Wildman–Crippen LogP) is 3.82. The van der Waals surface area contributed by atoms with Crippen LogP contribution in [0.25, 0.3) is 0 Å². The quantitative estimate of drug-likeness (QED) is 0.776. The first-order chi connectivity index (χ1) is 9.75. The first-order valence-electron chi connectivity index (χ1n) is 7.22. The van der Waals surface area contributed by atoms with Gasteiger partial charge in [0.05, 0.1) is 5.41 Å². The third-order valence-corrected chi connectivity index (χ3v) is 3.82. The second kappa shape index (κ2) is 6.74. The summed E-state index contributed by atoms with van der Waals surface area (Å²) in [7, 11) is 0. The molecule has 0 aliphatic carbocycles. The highest BCUT2D eigenvalue weighted by Gasteiger charge is 2.28. The average Bonchev–Trinajstić information content (AvgIpc) is 2.45. The van der Waals surface area contributed by atoms with E-state index in [1.54, 1.807) is 26.1 Å². The predicted molar refractivity (Wildman–Crippen MR) is 83.6 cm³/mol. The fraction of sp³-hybridized carbons (Fsp3) is 0.529. The number of rotatable bonds is 7. The highest BCUT2D eigenvalue weighted by Crippen LogP contribution is 2.29. The van der Waals surface area contributed by atoms with Crippen LogP contribution in [0.3, 0.4) is 0 Å². The molecule has 0 aliphatic rings. The number of carbonyl (C=O) groups is 1. The van der Waals surface area contributed by atoms with Crippen molar-refractivity contribution in [3.05, 3.63) is 36.0 Å². The van der Waals surface area contributed by atoms with Crippen molar-refractivity contribution >= 4 is 5.97 Å². The van der Waals surface area contributed by atoms with Crippen LogP contribution in [0, 0.1) is 5.41 Å². The number of aliphatic carboxylic acids is 1. The number of allylic oxidation sites excluding steroid dienone is 2. The molecule has 4 nitrogen and oxygen atoms in total. The second-order valence-corrected chi connectivity index (χ2v) is 6.13. The van der Waals surface area contributed by atoms with E-state index in [1.807, 2.05) is 19.1 Å². The molecule has 0 saturated carbocycles. The van der Waals surface area contributed by atoms with Gasteiger partial charge in [0.1, 0.15) is 6.61 Å². The summed E-state index contributed by atoms with van der Waals surface area (Å²) in [5.41, 5.74) is 0.150. The maximum Gasteiger partial charge on any atom is 0.312 e. The molecule has 4 heteroatoms. The zero-order chi connectivity index (χ0) is 16.1. The number of ether oxygens (including phenoxy) is 1. The summed E-state index contributed by atoms with van der Waals surface area (Å²) < 4.78 is 5.48. The molecule has 0 spiro atoms. The SMILES string of the molecule is C/C=C\C(C)(CC)c1ccc(OCC(C)(C)C(=O)O)nc1. The topological polar surface area (TPSA) is 59.4 Å². The van der Waals surface area contributed by atoms with Crippen molar-refractivity contribution in [3.63, 3.8) is 0 Å². The van der Waals surface area contributed by atoms with E-state index in [0.29, 0.717) is 5.88 Å². The second-order valence-electron chi connectivity index (χ2n) is 6.13. The molecule has 1 unspecified atom stereocenters. The number of hydrogen-bond donors (Lipinski definition) is 1. The Morgan fingerprint density at radius 2 is 2.05 bits per heavy atom. The minimum Gasteiger partial charge on any atom is -0.481 e. The van der Waals surface area contributed by atoms with Crippen LogP contribution in [-0.4, -0.2) is 22.7 Å². The summed E-state index contributed by atoms with van der Waals surface area (Å²) in [6.07, 6.45) is 6.99. The van der Waals surface area contributed by atoms with Crippen molar-refractivity contribution < 1.29 is 14.6 Å². The Bertz CT molecular complexity index is 505. The van der Waals surface area contributed by atoms with Crippen LogP contribution in [0.4, 0.5) is 0 Å². The van der Waals surface area contributed by atoms with Gasteiger partial charge in [-0.1, -0.05) is 32.1 Å². The van der Waals surface area contributed by atoms with Gasteiger partial charge in [0.25, 0.3) is 0 Å². The number of carboxylic acids is 1. The summed E-state index contributed by atoms with van der Waals surface area (Å²) in [5.74, 6) is -0.433. The molecule has 116 valence electrons. The van der Waals surface area contributed by atoms with Crippen LogP contribution in [-0.2, 0) is 10.2 Å². The van der Waals surface area contributed by atoms with E-state index in [0.717, 1.165) is 12.0 Å². The van der Waals surface area contributed by atoms with Gasteiger partial charge in [0.15, 0.2) is 0 Å².